The molecule has 0 bridgehead atoms. The number of hydrogen-bond donors (Lipinski definition) is 0. The van der Waals surface area contributed by atoms with Gasteiger partial charge in [-0.3, -0.25) is 0 Å². The molecule has 3 heteroatoms. The molecule has 2 aliphatic carbocycles. The van der Waals surface area contributed by atoms with E-state index in [4.69, 9.17) is 17.0 Å². The maximum atomic E-state index is 8.25. The summed E-state index contributed by atoms with van der Waals surface area (Å²) in [5.41, 5.74) is 16.2. The normalized spacial score (nSPS) is 14.7. The summed E-state index contributed by atoms with van der Waals surface area (Å²) >= 11 is -4.37. The first kappa shape index (κ1) is 33.3. The molecule has 4 aromatic rings. The van der Waals surface area contributed by atoms with Crippen LogP contribution in [0, 0.1) is 0 Å². The summed E-state index contributed by atoms with van der Waals surface area (Å²) in [6, 6.07) is 23.6. The number of hydrogen-bond acceptors (Lipinski definition) is 0. The fourth-order valence-electron chi connectivity index (χ4n) is 7.58. The van der Waals surface area contributed by atoms with Gasteiger partial charge in [-0.15, -0.1) is 0 Å². The van der Waals surface area contributed by atoms with Gasteiger partial charge in [-0.25, -0.2) is 0 Å². The van der Waals surface area contributed by atoms with Crippen molar-refractivity contribution in [2.24, 2.45) is 0 Å². The van der Waals surface area contributed by atoms with E-state index in [1.54, 1.807) is 0 Å². The predicted molar refractivity (Wildman–Crippen MR) is 195 cm³/mol. The van der Waals surface area contributed by atoms with Gasteiger partial charge in [0.05, 0.1) is 0 Å². The molecule has 0 radical (unpaired) electrons. The van der Waals surface area contributed by atoms with Crippen molar-refractivity contribution in [3.05, 3.63) is 105 Å². The standard InChI is InChI=1S/2C21H25.2ClH.Zr/c2*1-20(2,3)16-7-9-18-14(12-16)11-15-13-17(21(4,5)6)8-10-19(15)18;;;/h2*7-10,12H,11H2,1-6H3;2*1H;/q;;;;+2/p-2. The minimum atomic E-state index is -4.37. The van der Waals surface area contributed by atoms with Crippen LogP contribution in [0.25, 0.3) is 22.3 Å². The molecule has 0 aromatic heterocycles. The third-order valence-corrected chi connectivity index (χ3v) is 20.5. The first-order valence-electron chi connectivity index (χ1n) is 16.6. The van der Waals surface area contributed by atoms with Crippen molar-refractivity contribution in [3.63, 3.8) is 0 Å². The second-order valence-electron chi connectivity index (χ2n) is 17.7. The van der Waals surface area contributed by atoms with Gasteiger partial charge in [0.25, 0.3) is 0 Å². The predicted octanol–water partition coefficient (Wildman–Crippen LogP) is 11.4. The van der Waals surface area contributed by atoms with Crippen LogP contribution in [0.1, 0.15) is 128 Å². The molecule has 0 heterocycles. The summed E-state index contributed by atoms with van der Waals surface area (Å²) in [6.45, 7) is 27.7. The van der Waals surface area contributed by atoms with E-state index < -0.39 is 17.9 Å². The molecule has 0 saturated carbocycles. The van der Waals surface area contributed by atoms with Crippen LogP contribution in [-0.4, -0.2) is 0 Å². The van der Waals surface area contributed by atoms with Gasteiger partial charge < -0.3 is 0 Å². The quantitative estimate of drug-likeness (QED) is 0.167. The van der Waals surface area contributed by atoms with E-state index in [2.05, 4.69) is 144 Å². The molecule has 236 valence electrons. The van der Waals surface area contributed by atoms with E-state index in [1.807, 2.05) is 0 Å². The van der Waals surface area contributed by atoms with Crippen molar-refractivity contribution in [3.8, 4) is 22.3 Å². The van der Waals surface area contributed by atoms with Crippen LogP contribution in [0.4, 0.5) is 0 Å². The summed E-state index contributed by atoms with van der Waals surface area (Å²) in [5, 5.41) is 0. The first-order chi connectivity index (χ1) is 20.6. The molecule has 0 spiro atoms. The molecule has 0 atom stereocenters. The molecule has 0 aliphatic heterocycles. The van der Waals surface area contributed by atoms with E-state index in [-0.39, 0.29) is 21.7 Å². The minimum absolute atomic E-state index is 0.0912. The van der Waals surface area contributed by atoms with E-state index in [9.17, 15) is 0 Å². The Morgan fingerprint density at radius 1 is 0.444 bits per heavy atom. The van der Waals surface area contributed by atoms with E-state index in [1.165, 1.54) is 73.3 Å². The van der Waals surface area contributed by atoms with E-state index in [0.717, 1.165) is 12.8 Å². The molecule has 0 N–H and O–H groups in total. The van der Waals surface area contributed by atoms with Gasteiger partial charge in [0.15, 0.2) is 0 Å². The Kier molecular flexibility index (Phi) is 7.89. The molecule has 0 nitrogen and oxygen atoms in total. The van der Waals surface area contributed by atoms with Gasteiger partial charge >= 0.3 is 286 Å². The Bertz CT molecular complexity index is 1710. The molecule has 45 heavy (non-hydrogen) atoms. The van der Waals surface area contributed by atoms with Crippen LogP contribution < -0.4 is 6.54 Å². The van der Waals surface area contributed by atoms with Gasteiger partial charge in [0, 0.05) is 0 Å². The third-order valence-electron chi connectivity index (χ3n) is 10.1. The number of halogens is 2. The number of benzene rings is 4. The van der Waals surface area contributed by atoms with Crippen LogP contribution in [0.2, 0.25) is 0 Å². The summed E-state index contributed by atoms with van der Waals surface area (Å²) in [4.78, 5) is 0. The molecular weight excluding hydrogens is 667 g/mol. The van der Waals surface area contributed by atoms with E-state index in [0.29, 0.717) is 0 Å². The van der Waals surface area contributed by atoms with E-state index >= 15 is 0 Å². The van der Waals surface area contributed by atoms with Crippen LogP contribution in [0.3, 0.4) is 0 Å². The number of rotatable bonds is 2. The van der Waals surface area contributed by atoms with Crippen LogP contribution in [-0.2, 0) is 52.4 Å². The van der Waals surface area contributed by atoms with Crippen LogP contribution >= 0.6 is 17.0 Å². The van der Waals surface area contributed by atoms with Crippen molar-refractivity contribution in [1.82, 2.24) is 0 Å². The Hall–Kier alpha value is -1.66. The summed E-state index contributed by atoms with van der Waals surface area (Å²) < 4.78 is 2.58. The monoisotopic (exact) mass is 714 g/mol. The van der Waals surface area contributed by atoms with Crippen molar-refractivity contribution < 1.29 is 17.9 Å². The Morgan fingerprint density at radius 3 is 1.09 bits per heavy atom. The molecule has 6 rings (SSSR count). The second kappa shape index (κ2) is 10.7. The SMILES string of the molecule is CC(C)(C)c1ccc2c(c1)Cc1c-2ccc(C(C)(C)C)[c]1[Zr]([Cl])([Cl])[c]1c(C(C)(C)C)ccc2c1Cc1cc(C(C)(C)C)ccc1-2. The zero-order valence-electron chi connectivity index (χ0n) is 29.4. The molecule has 0 amide bonds. The fraction of sp³-hybridized carbons (Fsp3) is 0.429. The summed E-state index contributed by atoms with van der Waals surface area (Å²) in [6.07, 6.45) is 1.78. The zero-order chi connectivity index (χ0) is 33.1. The van der Waals surface area contributed by atoms with Crippen molar-refractivity contribution >= 4 is 23.6 Å². The van der Waals surface area contributed by atoms with Gasteiger partial charge in [0.2, 0.25) is 0 Å². The molecular formula is C42H50Cl2Zr. The van der Waals surface area contributed by atoms with Crippen molar-refractivity contribution in [1.29, 1.82) is 0 Å². The van der Waals surface area contributed by atoms with Gasteiger partial charge in [-0.2, -0.15) is 0 Å². The Morgan fingerprint density at radius 2 is 0.778 bits per heavy atom. The number of fused-ring (bicyclic) bond motifs is 6. The summed E-state index contributed by atoms with van der Waals surface area (Å²) in [5.74, 6) is 0. The molecule has 0 saturated heterocycles. The van der Waals surface area contributed by atoms with Gasteiger partial charge in [-0.1, -0.05) is 0 Å². The maximum absolute atomic E-state index is 8.25. The van der Waals surface area contributed by atoms with Gasteiger partial charge in [-0.05, 0) is 0 Å². The Labute approximate surface area is 284 Å². The van der Waals surface area contributed by atoms with Gasteiger partial charge in [0.1, 0.15) is 0 Å². The van der Waals surface area contributed by atoms with Crippen molar-refractivity contribution in [2.75, 3.05) is 0 Å². The Balaban J connectivity index is 1.62. The average molecular weight is 717 g/mol. The first-order valence-corrected chi connectivity index (χ1v) is 25.4. The van der Waals surface area contributed by atoms with Crippen LogP contribution in [0.5, 0.6) is 0 Å². The molecule has 2 aliphatic rings. The molecule has 0 unspecified atom stereocenters. The molecule has 0 fully saturated rings. The topological polar surface area (TPSA) is 0 Å². The zero-order valence-corrected chi connectivity index (χ0v) is 33.4. The van der Waals surface area contributed by atoms with Crippen LogP contribution in [0.15, 0.2) is 60.7 Å². The van der Waals surface area contributed by atoms with Crippen molar-refractivity contribution in [2.45, 2.75) is 118 Å². The second-order valence-corrected chi connectivity index (χ2v) is 30.8. The third kappa shape index (κ3) is 5.66. The summed E-state index contributed by atoms with van der Waals surface area (Å²) in [7, 11) is 16.5. The average Bonchev–Trinajstić information content (AvgIpc) is 3.47. The molecule has 4 aromatic carbocycles. The fourth-order valence-corrected chi connectivity index (χ4v) is 20.2.